The Bertz CT molecular complexity index is 449. The van der Waals surface area contributed by atoms with Crippen LogP contribution in [0.2, 0.25) is 0 Å². The lowest BCUT2D eigenvalue weighted by molar-refractivity contribution is -0.143. The molecule has 15 heavy (non-hydrogen) atoms. The second kappa shape index (κ2) is 5.45. The van der Waals surface area contributed by atoms with Gasteiger partial charge in [0.05, 0.1) is 13.0 Å². The zero-order chi connectivity index (χ0) is 11.3. The van der Waals surface area contributed by atoms with Gasteiger partial charge in [-0.3, -0.25) is 14.6 Å². The number of hydrogen-bond donors (Lipinski definition) is 1. The highest BCUT2D eigenvalue weighted by molar-refractivity contribution is 7.71. The highest BCUT2D eigenvalue weighted by Gasteiger charge is 2.01. The average Bonchev–Trinajstić information content (AvgIpc) is 2.17. The summed E-state index contributed by atoms with van der Waals surface area (Å²) in [6.07, 6.45) is 1.80. The molecule has 0 atom stereocenters. The second-order valence-corrected chi connectivity index (χ2v) is 3.25. The zero-order valence-electron chi connectivity index (χ0n) is 8.36. The topological polar surface area (TPSA) is 64.1 Å². The molecule has 1 aromatic rings. The van der Waals surface area contributed by atoms with E-state index in [1.54, 1.807) is 17.7 Å². The predicted molar refractivity (Wildman–Crippen MR) is 57.1 cm³/mol. The quantitative estimate of drug-likeness (QED) is 0.613. The first-order valence-corrected chi connectivity index (χ1v) is 4.99. The van der Waals surface area contributed by atoms with Crippen LogP contribution in [0.15, 0.2) is 17.1 Å². The molecule has 0 aliphatic heterocycles. The maximum Gasteiger partial charge on any atom is 0.307 e. The fourth-order valence-corrected chi connectivity index (χ4v) is 1.32. The molecule has 0 aliphatic rings. The van der Waals surface area contributed by atoms with Gasteiger partial charge in [0, 0.05) is 18.8 Å². The number of nitrogens with zero attached hydrogens (tertiary/aromatic N) is 1. The lowest BCUT2D eigenvalue weighted by Crippen LogP contribution is -2.14. The lowest BCUT2D eigenvalue weighted by atomic mass is 10.4. The molecule has 0 aromatic carbocycles. The minimum Gasteiger partial charge on any atom is -0.466 e. The highest BCUT2D eigenvalue weighted by Crippen LogP contribution is 1.93. The minimum atomic E-state index is -0.273. The molecule has 0 unspecified atom stereocenters. The number of rotatable bonds is 4. The second-order valence-electron chi connectivity index (χ2n) is 2.86. The van der Waals surface area contributed by atoms with Gasteiger partial charge >= 0.3 is 5.97 Å². The Hall–Kier alpha value is -1.43. The molecule has 0 radical (unpaired) electrons. The van der Waals surface area contributed by atoms with Crippen molar-refractivity contribution >= 4 is 18.2 Å². The van der Waals surface area contributed by atoms with E-state index in [1.807, 2.05) is 0 Å². The van der Waals surface area contributed by atoms with E-state index in [1.165, 1.54) is 6.07 Å². The van der Waals surface area contributed by atoms with Gasteiger partial charge < -0.3 is 9.30 Å². The van der Waals surface area contributed by atoms with Crippen LogP contribution in [0.3, 0.4) is 0 Å². The Morgan fingerprint density at radius 2 is 2.40 bits per heavy atom. The summed E-state index contributed by atoms with van der Waals surface area (Å²) in [6.45, 7) is 2.54. The summed E-state index contributed by atoms with van der Waals surface area (Å²) in [5, 5.41) is 0. The third-order valence-electron chi connectivity index (χ3n) is 1.76. The number of aryl methyl sites for hydroxylation is 1. The number of aromatic nitrogens is 2. The van der Waals surface area contributed by atoms with Gasteiger partial charge in [0.15, 0.2) is 4.77 Å². The molecule has 0 bridgehead atoms. The van der Waals surface area contributed by atoms with Gasteiger partial charge in [0.2, 0.25) is 0 Å². The van der Waals surface area contributed by atoms with E-state index < -0.39 is 0 Å². The Morgan fingerprint density at radius 3 is 3.00 bits per heavy atom. The maximum absolute atomic E-state index is 11.1. The number of aromatic amines is 1. The molecule has 0 amide bonds. The number of carbonyl (C=O) groups is 1. The fraction of sp³-hybridized carbons (Fsp3) is 0.444. The van der Waals surface area contributed by atoms with Crippen LogP contribution in [-0.2, 0) is 16.1 Å². The van der Waals surface area contributed by atoms with E-state index in [4.69, 9.17) is 17.0 Å². The number of carbonyl (C=O) groups excluding carboxylic acids is 1. The highest BCUT2D eigenvalue weighted by atomic mass is 32.1. The summed E-state index contributed by atoms with van der Waals surface area (Å²) < 4.78 is 6.70. The van der Waals surface area contributed by atoms with E-state index in [9.17, 15) is 9.59 Å². The first kappa shape index (κ1) is 11.6. The summed E-state index contributed by atoms with van der Waals surface area (Å²) in [4.78, 5) is 24.4. The first-order valence-electron chi connectivity index (χ1n) is 4.59. The molecular formula is C9H12N2O3S. The zero-order valence-corrected chi connectivity index (χ0v) is 9.17. The van der Waals surface area contributed by atoms with Crippen molar-refractivity contribution in [1.29, 1.82) is 0 Å². The molecule has 0 spiro atoms. The number of nitrogens with one attached hydrogen (secondary N) is 1. The minimum absolute atomic E-state index is 0.243. The Morgan fingerprint density at radius 1 is 1.67 bits per heavy atom. The molecule has 0 fully saturated rings. The Balaban J connectivity index is 2.62. The van der Waals surface area contributed by atoms with Crippen molar-refractivity contribution in [3.05, 3.63) is 27.4 Å². The van der Waals surface area contributed by atoms with Crippen LogP contribution in [0.1, 0.15) is 13.3 Å². The first-order chi connectivity index (χ1) is 7.13. The van der Waals surface area contributed by atoms with Gasteiger partial charge in [-0.25, -0.2) is 0 Å². The van der Waals surface area contributed by atoms with Crippen LogP contribution < -0.4 is 5.56 Å². The van der Waals surface area contributed by atoms with E-state index in [2.05, 4.69) is 4.98 Å². The monoisotopic (exact) mass is 228 g/mol. The molecule has 0 saturated carbocycles. The van der Waals surface area contributed by atoms with Gasteiger partial charge in [-0.15, -0.1) is 0 Å². The summed E-state index contributed by atoms with van der Waals surface area (Å²) in [5.74, 6) is -0.273. The van der Waals surface area contributed by atoms with Gasteiger partial charge in [-0.1, -0.05) is 0 Å². The summed E-state index contributed by atoms with van der Waals surface area (Å²) in [6, 6.07) is 1.36. The molecule has 1 rings (SSSR count). The molecule has 5 nitrogen and oxygen atoms in total. The van der Waals surface area contributed by atoms with E-state index in [0.29, 0.717) is 17.9 Å². The van der Waals surface area contributed by atoms with E-state index in [0.717, 1.165) is 0 Å². The summed E-state index contributed by atoms with van der Waals surface area (Å²) in [7, 11) is 0. The van der Waals surface area contributed by atoms with Crippen molar-refractivity contribution in [2.75, 3.05) is 6.61 Å². The third-order valence-corrected chi connectivity index (χ3v) is 2.10. The molecule has 82 valence electrons. The fourth-order valence-electron chi connectivity index (χ4n) is 1.07. The molecule has 1 heterocycles. The lowest BCUT2D eigenvalue weighted by Gasteiger charge is -2.05. The van der Waals surface area contributed by atoms with Crippen LogP contribution in [-0.4, -0.2) is 22.1 Å². The van der Waals surface area contributed by atoms with Crippen LogP contribution in [0, 0.1) is 4.77 Å². The number of ether oxygens (including phenoxy) is 1. The largest absolute Gasteiger partial charge is 0.466 e. The van der Waals surface area contributed by atoms with Crippen LogP contribution in [0.4, 0.5) is 0 Å². The summed E-state index contributed by atoms with van der Waals surface area (Å²) in [5.41, 5.74) is -0.243. The van der Waals surface area contributed by atoms with Crippen molar-refractivity contribution in [3.8, 4) is 0 Å². The summed E-state index contributed by atoms with van der Waals surface area (Å²) >= 11 is 4.91. The molecule has 0 saturated heterocycles. The Labute approximate surface area is 91.7 Å². The van der Waals surface area contributed by atoms with Gasteiger partial charge in [-0.2, -0.15) is 0 Å². The molecule has 1 N–H and O–H groups in total. The predicted octanol–water partition coefficient (Wildman–Crippen LogP) is 0.859. The number of esters is 1. The standard InChI is InChI=1S/C9H12N2O3S/c1-2-14-8(13)4-6-11-5-3-7(12)10-9(11)15/h3,5H,2,4,6H2,1H3,(H,10,12,15). The van der Waals surface area contributed by atoms with Crippen LogP contribution in [0.5, 0.6) is 0 Å². The normalized spacial score (nSPS) is 9.93. The smallest absolute Gasteiger partial charge is 0.307 e. The average molecular weight is 228 g/mol. The third kappa shape index (κ3) is 3.67. The van der Waals surface area contributed by atoms with Crippen LogP contribution >= 0.6 is 12.2 Å². The Kier molecular flexibility index (Phi) is 4.23. The molecule has 6 heteroatoms. The van der Waals surface area contributed by atoms with Gasteiger partial charge in [-0.05, 0) is 19.1 Å². The maximum atomic E-state index is 11.1. The van der Waals surface area contributed by atoms with Crippen molar-refractivity contribution in [1.82, 2.24) is 9.55 Å². The van der Waals surface area contributed by atoms with E-state index in [-0.39, 0.29) is 17.9 Å². The van der Waals surface area contributed by atoms with Gasteiger partial charge in [0.25, 0.3) is 5.56 Å². The number of hydrogen-bond acceptors (Lipinski definition) is 4. The van der Waals surface area contributed by atoms with Crippen molar-refractivity contribution in [2.24, 2.45) is 0 Å². The molecule has 0 aliphatic carbocycles. The van der Waals surface area contributed by atoms with Crippen molar-refractivity contribution in [3.63, 3.8) is 0 Å². The SMILES string of the molecule is CCOC(=O)CCn1ccc(=O)[nH]c1=S. The molecular weight excluding hydrogens is 216 g/mol. The van der Waals surface area contributed by atoms with Gasteiger partial charge in [0.1, 0.15) is 0 Å². The van der Waals surface area contributed by atoms with E-state index >= 15 is 0 Å². The number of H-pyrrole nitrogens is 1. The van der Waals surface area contributed by atoms with Crippen molar-refractivity contribution in [2.45, 2.75) is 19.9 Å². The molecule has 1 aromatic heterocycles. The van der Waals surface area contributed by atoms with Crippen molar-refractivity contribution < 1.29 is 9.53 Å². The van der Waals surface area contributed by atoms with Crippen LogP contribution in [0.25, 0.3) is 0 Å².